The van der Waals surface area contributed by atoms with Gasteiger partial charge in [-0.05, 0) is 41.5 Å². The number of halogens is 1. The molecule has 3 aromatic carbocycles. The maximum Gasteiger partial charge on any atom is 0.411 e. The number of rotatable bonds is 9. The van der Waals surface area contributed by atoms with Crippen LogP contribution in [0.3, 0.4) is 0 Å². The van der Waals surface area contributed by atoms with Gasteiger partial charge in [0.2, 0.25) is 0 Å². The summed E-state index contributed by atoms with van der Waals surface area (Å²) in [5, 5.41) is 5.71. The molecule has 2 amide bonds. The molecule has 0 aromatic heterocycles. The van der Waals surface area contributed by atoms with Crippen molar-refractivity contribution < 1.29 is 23.8 Å². The van der Waals surface area contributed by atoms with Gasteiger partial charge in [0, 0.05) is 18.5 Å². The zero-order valence-corrected chi connectivity index (χ0v) is 18.2. The Hall–Kier alpha value is -3.55. The molecule has 2 N–H and O–H groups in total. The second-order valence-corrected chi connectivity index (χ2v) is 7.09. The van der Waals surface area contributed by atoms with Gasteiger partial charge in [0.15, 0.2) is 6.61 Å². The summed E-state index contributed by atoms with van der Waals surface area (Å²) < 4.78 is 15.3. The molecule has 0 aliphatic rings. The number of hydrogen-bond donors (Lipinski definition) is 2. The zero-order valence-electron chi connectivity index (χ0n) is 17.5. The Morgan fingerprint density at radius 2 is 1.59 bits per heavy atom. The Morgan fingerprint density at radius 1 is 0.844 bits per heavy atom. The van der Waals surface area contributed by atoms with E-state index in [4.69, 9.17) is 25.8 Å². The molecule has 0 saturated carbocycles. The van der Waals surface area contributed by atoms with Crippen molar-refractivity contribution in [2.75, 3.05) is 37.6 Å². The summed E-state index contributed by atoms with van der Waals surface area (Å²) in [4.78, 5) is 24.0. The summed E-state index contributed by atoms with van der Waals surface area (Å²) in [6.45, 7) is 0.231. The van der Waals surface area contributed by atoms with E-state index in [9.17, 15) is 9.59 Å². The van der Waals surface area contributed by atoms with Crippen molar-refractivity contribution in [3.8, 4) is 16.9 Å². The Kier molecular flexibility index (Phi) is 8.48. The highest BCUT2D eigenvalue weighted by Crippen LogP contribution is 2.30. The quantitative estimate of drug-likeness (QED) is 0.433. The van der Waals surface area contributed by atoms with Gasteiger partial charge in [0.1, 0.15) is 12.4 Å². The fourth-order valence-corrected chi connectivity index (χ4v) is 3.05. The fraction of sp³-hybridized carbons (Fsp3) is 0.167. The van der Waals surface area contributed by atoms with Crippen LogP contribution in [0.2, 0.25) is 5.02 Å². The summed E-state index contributed by atoms with van der Waals surface area (Å²) >= 11 is 6.32. The highest BCUT2D eigenvalue weighted by Gasteiger charge is 2.09. The minimum absolute atomic E-state index is 0.144. The van der Waals surface area contributed by atoms with Crippen molar-refractivity contribution in [2.24, 2.45) is 0 Å². The van der Waals surface area contributed by atoms with Gasteiger partial charge in [-0.3, -0.25) is 10.1 Å². The van der Waals surface area contributed by atoms with E-state index in [1.54, 1.807) is 36.4 Å². The topological polar surface area (TPSA) is 85.9 Å². The van der Waals surface area contributed by atoms with Crippen LogP contribution < -0.4 is 15.4 Å². The number of benzene rings is 3. The lowest BCUT2D eigenvalue weighted by Crippen LogP contribution is -2.20. The van der Waals surface area contributed by atoms with Crippen LogP contribution in [0.5, 0.6) is 5.75 Å². The van der Waals surface area contributed by atoms with Crippen molar-refractivity contribution in [1.82, 2.24) is 0 Å². The summed E-state index contributed by atoms with van der Waals surface area (Å²) in [6, 6.07) is 21.9. The smallest absolute Gasteiger partial charge is 0.411 e. The van der Waals surface area contributed by atoms with E-state index in [0.717, 1.165) is 11.1 Å². The van der Waals surface area contributed by atoms with Crippen molar-refractivity contribution in [3.05, 3.63) is 77.8 Å². The summed E-state index contributed by atoms with van der Waals surface area (Å²) in [5.74, 6) is 0.0451. The minimum Gasteiger partial charge on any atom is -0.482 e. The number of nitrogens with one attached hydrogen (secondary N) is 2. The molecule has 3 rings (SSSR count). The molecule has 0 atom stereocenters. The number of carbonyl (C=O) groups excluding carboxylic acids is 2. The Morgan fingerprint density at radius 3 is 2.31 bits per heavy atom. The maximum atomic E-state index is 12.3. The van der Waals surface area contributed by atoms with Crippen LogP contribution in [0.25, 0.3) is 11.1 Å². The third kappa shape index (κ3) is 7.01. The van der Waals surface area contributed by atoms with E-state index in [0.29, 0.717) is 28.8 Å². The lowest BCUT2D eigenvalue weighted by molar-refractivity contribution is -0.118. The van der Waals surface area contributed by atoms with Gasteiger partial charge in [0.25, 0.3) is 5.91 Å². The first-order valence-electron chi connectivity index (χ1n) is 9.85. The van der Waals surface area contributed by atoms with E-state index in [1.165, 1.54) is 7.11 Å². The van der Waals surface area contributed by atoms with Crippen molar-refractivity contribution in [2.45, 2.75) is 0 Å². The summed E-state index contributed by atoms with van der Waals surface area (Å²) in [7, 11) is 1.52. The Bertz CT molecular complexity index is 1060. The molecule has 0 unspecified atom stereocenters. The fourth-order valence-electron chi connectivity index (χ4n) is 2.81. The normalized spacial score (nSPS) is 10.3. The number of carbonyl (C=O) groups is 2. The molecule has 0 aliphatic carbocycles. The SMILES string of the molecule is COCCOC(=O)Nc1cccc(NC(=O)COc2ccc(-c3ccccc3)cc2Cl)c1. The molecule has 0 saturated heterocycles. The first kappa shape index (κ1) is 23.1. The third-order valence-electron chi connectivity index (χ3n) is 4.31. The predicted molar refractivity (Wildman–Crippen MR) is 124 cm³/mol. The molecule has 7 nitrogen and oxygen atoms in total. The van der Waals surface area contributed by atoms with Crippen LogP contribution in [0, 0.1) is 0 Å². The monoisotopic (exact) mass is 454 g/mol. The van der Waals surface area contributed by atoms with Gasteiger partial charge in [0.05, 0.1) is 11.6 Å². The summed E-state index contributed by atoms with van der Waals surface area (Å²) in [5.41, 5.74) is 2.97. The lowest BCUT2D eigenvalue weighted by atomic mass is 10.1. The number of amides is 2. The second-order valence-electron chi connectivity index (χ2n) is 6.68. The maximum absolute atomic E-state index is 12.3. The van der Waals surface area contributed by atoms with Gasteiger partial charge in [-0.1, -0.05) is 54.1 Å². The highest BCUT2D eigenvalue weighted by molar-refractivity contribution is 6.32. The predicted octanol–water partition coefficient (Wildman–Crippen LogP) is 5.22. The summed E-state index contributed by atoms with van der Waals surface area (Å²) in [6.07, 6.45) is -0.609. The van der Waals surface area contributed by atoms with Gasteiger partial charge < -0.3 is 19.5 Å². The van der Waals surface area contributed by atoms with Gasteiger partial charge in [-0.2, -0.15) is 0 Å². The molecular weight excluding hydrogens is 432 g/mol. The number of methoxy groups -OCH3 is 1. The van der Waals surface area contributed by atoms with Gasteiger partial charge >= 0.3 is 6.09 Å². The van der Waals surface area contributed by atoms with E-state index in [2.05, 4.69) is 10.6 Å². The van der Waals surface area contributed by atoms with Crippen LogP contribution in [0.15, 0.2) is 72.8 Å². The van der Waals surface area contributed by atoms with Crippen LogP contribution >= 0.6 is 11.6 Å². The molecule has 32 heavy (non-hydrogen) atoms. The first-order valence-corrected chi connectivity index (χ1v) is 10.2. The van der Waals surface area contributed by atoms with E-state index >= 15 is 0 Å². The van der Waals surface area contributed by atoms with Crippen LogP contribution in [-0.2, 0) is 14.3 Å². The van der Waals surface area contributed by atoms with Gasteiger partial charge in [-0.25, -0.2) is 4.79 Å². The number of hydrogen-bond acceptors (Lipinski definition) is 5. The largest absolute Gasteiger partial charge is 0.482 e. The van der Waals surface area contributed by atoms with Crippen LogP contribution in [-0.4, -0.2) is 38.9 Å². The molecule has 0 heterocycles. The van der Waals surface area contributed by atoms with E-state index < -0.39 is 6.09 Å². The van der Waals surface area contributed by atoms with Crippen LogP contribution in [0.1, 0.15) is 0 Å². The molecule has 0 aliphatic heterocycles. The number of ether oxygens (including phenoxy) is 3. The average molecular weight is 455 g/mol. The molecule has 0 spiro atoms. The van der Waals surface area contributed by atoms with E-state index in [-0.39, 0.29) is 19.1 Å². The lowest BCUT2D eigenvalue weighted by Gasteiger charge is -2.11. The Labute approximate surface area is 191 Å². The van der Waals surface area contributed by atoms with Gasteiger partial charge in [-0.15, -0.1) is 0 Å². The number of anilines is 2. The third-order valence-corrected chi connectivity index (χ3v) is 4.61. The molecule has 8 heteroatoms. The molecule has 166 valence electrons. The minimum atomic E-state index is -0.609. The molecule has 3 aromatic rings. The molecule has 0 fully saturated rings. The van der Waals surface area contributed by atoms with E-state index in [1.807, 2.05) is 36.4 Å². The molecule has 0 radical (unpaired) electrons. The Balaban J connectivity index is 1.52. The zero-order chi connectivity index (χ0) is 22.8. The highest BCUT2D eigenvalue weighted by atomic mass is 35.5. The molecular formula is C24H23ClN2O5. The first-order chi connectivity index (χ1) is 15.5. The van der Waals surface area contributed by atoms with Crippen molar-refractivity contribution >= 4 is 35.0 Å². The van der Waals surface area contributed by atoms with Crippen molar-refractivity contribution in [1.29, 1.82) is 0 Å². The molecule has 0 bridgehead atoms. The average Bonchev–Trinajstić information content (AvgIpc) is 2.79. The van der Waals surface area contributed by atoms with Crippen LogP contribution in [0.4, 0.5) is 16.2 Å². The van der Waals surface area contributed by atoms with Crippen molar-refractivity contribution in [3.63, 3.8) is 0 Å². The second kappa shape index (κ2) is 11.7. The standard InChI is InChI=1S/C24H23ClN2O5/c1-30-12-13-31-24(29)27-20-9-5-8-19(15-20)26-23(28)16-32-22-11-10-18(14-21(22)25)17-6-3-2-4-7-17/h2-11,14-15H,12-13,16H2,1H3,(H,26,28)(H,27,29).